The van der Waals surface area contributed by atoms with Crippen LogP contribution < -0.4 is 0 Å². The largest absolute Gasteiger partial charge is 0.393 e. The molecule has 0 unspecified atom stereocenters. The van der Waals surface area contributed by atoms with Crippen LogP contribution in [-0.2, 0) is 4.79 Å². The summed E-state index contributed by atoms with van der Waals surface area (Å²) >= 11 is 11.8. The molecular formula is C16H21Cl2NO3. The summed E-state index contributed by atoms with van der Waals surface area (Å²) in [6, 6.07) is 4.87. The molecule has 122 valence electrons. The highest BCUT2D eigenvalue weighted by atomic mass is 35.5. The van der Waals surface area contributed by atoms with Crippen molar-refractivity contribution in [2.75, 3.05) is 6.54 Å². The van der Waals surface area contributed by atoms with Crippen molar-refractivity contribution in [1.82, 2.24) is 4.90 Å². The number of rotatable bonds is 5. The third-order valence-electron chi connectivity index (χ3n) is 3.95. The molecule has 0 aliphatic carbocycles. The number of carbonyl (C=O) groups is 1. The van der Waals surface area contributed by atoms with Gasteiger partial charge in [-0.25, -0.2) is 0 Å². The van der Waals surface area contributed by atoms with Crippen molar-refractivity contribution in [1.29, 1.82) is 0 Å². The van der Waals surface area contributed by atoms with Crippen molar-refractivity contribution in [3.63, 3.8) is 0 Å². The van der Waals surface area contributed by atoms with Crippen molar-refractivity contribution < 1.29 is 15.0 Å². The van der Waals surface area contributed by atoms with E-state index in [1.165, 1.54) is 0 Å². The van der Waals surface area contributed by atoms with Gasteiger partial charge in [-0.1, -0.05) is 23.2 Å². The van der Waals surface area contributed by atoms with E-state index in [4.69, 9.17) is 23.2 Å². The van der Waals surface area contributed by atoms with Crippen LogP contribution in [0.25, 0.3) is 0 Å². The first-order chi connectivity index (χ1) is 10.4. The molecule has 1 aromatic rings. The molecule has 0 aromatic heterocycles. The molecule has 1 heterocycles. The number of aliphatic hydroxyl groups excluding tert-OH is 2. The van der Waals surface area contributed by atoms with Crippen LogP contribution >= 0.6 is 23.2 Å². The maximum atomic E-state index is 12.4. The maximum Gasteiger partial charge on any atom is 0.225 e. The molecule has 1 aliphatic heterocycles. The van der Waals surface area contributed by atoms with Gasteiger partial charge in [0.15, 0.2) is 0 Å². The van der Waals surface area contributed by atoms with Gasteiger partial charge in [0, 0.05) is 22.6 Å². The van der Waals surface area contributed by atoms with Crippen LogP contribution in [0.15, 0.2) is 18.2 Å². The van der Waals surface area contributed by atoms with Gasteiger partial charge in [0.2, 0.25) is 5.91 Å². The first kappa shape index (κ1) is 17.5. The SMILES string of the molecule is C[C@H](O)C[C@H]1CCCN1C(=O)C[C@@H](O)c1cc(Cl)cc(Cl)c1. The summed E-state index contributed by atoms with van der Waals surface area (Å²) in [5.74, 6) is -0.105. The molecule has 3 atom stereocenters. The Morgan fingerprint density at radius 2 is 1.95 bits per heavy atom. The molecule has 6 heteroatoms. The quantitative estimate of drug-likeness (QED) is 0.861. The van der Waals surface area contributed by atoms with Crippen LogP contribution in [0.5, 0.6) is 0 Å². The number of nitrogens with zero attached hydrogens (tertiary/aromatic N) is 1. The normalized spacial score (nSPS) is 21.0. The number of hydrogen-bond donors (Lipinski definition) is 2. The molecule has 22 heavy (non-hydrogen) atoms. The Labute approximate surface area is 140 Å². The van der Waals surface area contributed by atoms with E-state index in [-0.39, 0.29) is 18.4 Å². The van der Waals surface area contributed by atoms with Gasteiger partial charge in [-0.2, -0.15) is 0 Å². The molecule has 2 N–H and O–H groups in total. The summed E-state index contributed by atoms with van der Waals surface area (Å²) in [6.45, 7) is 2.41. The number of hydrogen-bond acceptors (Lipinski definition) is 3. The monoisotopic (exact) mass is 345 g/mol. The maximum absolute atomic E-state index is 12.4. The second kappa shape index (κ2) is 7.64. The number of carbonyl (C=O) groups excluding carboxylic acids is 1. The highest BCUT2D eigenvalue weighted by Crippen LogP contribution is 2.28. The fourth-order valence-electron chi connectivity index (χ4n) is 2.97. The summed E-state index contributed by atoms with van der Waals surface area (Å²) in [4.78, 5) is 14.2. The zero-order valence-electron chi connectivity index (χ0n) is 12.5. The Balaban J connectivity index is 2.01. The standard InChI is InChI=1S/C16H21Cl2NO3/c1-10(20)5-14-3-2-4-19(14)16(22)9-15(21)11-6-12(17)8-13(18)7-11/h6-8,10,14-15,20-21H,2-5,9H2,1H3/t10-,14+,15+/m0/s1. The van der Waals surface area contributed by atoms with Gasteiger partial charge in [0.25, 0.3) is 0 Å². The number of amides is 1. The van der Waals surface area contributed by atoms with Crippen LogP contribution in [0, 0.1) is 0 Å². The predicted octanol–water partition coefficient (Wildman–Crippen LogP) is 3.18. The van der Waals surface area contributed by atoms with Gasteiger partial charge >= 0.3 is 0 Å². The Bertz CT molecular complexity index is 516. The zero-order chi connectivity index (χ0) is 16.3. The molecule has 1 aliphatic rings. The Hall–Kier alpha value is -0.810. The lowest BCUT2D eigenvalue weighted by atomic mass is 10.0. The topological polar surface area (TPSA) is 60.8 Å². The van der Waals surface area contributed by atoms with Crippen LogP contribution in [0.2, 0.25) is 10.0 Å². The van der Waals surface area contributed by atoms with Crippen molar-refractivity contribution >= 4 is 29.1 Å². The first-order valence-corrected chi connectivity index (χ1v) is 8.24. The minimum Gasteiger partial charge on any atom is -0.393 e. The molecule has 0 bridgehead atoms. The van der Waals surface area contributed by atoms with Crippen LogP contribution in [-0.4, -0.2) is 39.7 Å². The number of likely N-dealkylation sites (tertiary alicyclic amines) is 1. The molecular weight excluding hydrogens is 325 g/mol. The van der Waals surface area contributed by atoms with E-state index < -0.39 is 12.2 Å². The number of aliphatic hydroxyl groups is 2. The van der Waals surface area contributed by atoms with Gasteiger partial charge in [0.05, 0.1) is 18.6 Å². The van der Waals surface area contributed by atoms with Crippen molar-refractivity contribution in [3.8, 4) is 0 Å². The van der Waals surface area contributed by atoms with Crippen molar-refractivity contribution in [2.24, 2.45) is 0 Å². The fourth-order valence-corrected chi connectivity index (χ4v) is 3.51. The molecule has 0 spiro atoms. The Morgan fingerprint density at radius 1 is 1.32 bits per heavy atom. The van der Waals surface area contributed by atoms with E-state index in [0.717, 1.165) is 12.8 Å². The molecule has 0 saturated carbocycles. The van der Waals surface area contributed by atoms with E-state index in [0.29, 0.717) is 28.6 Å². The summed E-state index contributed by atoms with van der Waals surface area (Å²) in [6.07, 6.45) is 1.03. The highest BCUT2D eigenvalue weighted by molar-refractivity contribution is 6.34. The third-order valence-corrected chi connectivity index (χ3v) is 4.38. The molecule has 1 fully saturated rings. The summed E-state index contributed by atoms with van der Waals surface area (Å²) < 4.78 is 0. The molecule has 1 amide bonds. The second-order valence-electron chi connectivity index (χ2n) is 5.89. The minimum absolute atomic E-state index is 0.00696. The predicted molar refractivity (Wildman–Crippen MR) is 87.1 cm³/mol. The number of benzene rings is 1. The van der Waals surface area contributed by atoms with E-state index in [2.05, 4.69) is 0 Å². The zero-order valence-corrected chi connectivity index (χ0v) is 14.0. The number of halogens is 2. The summed E-state index contributed by atoms with van der Waals surface area (Å²) in [5, 5.41) is 20.6. The lowest BCUT2D eigenvalue weighted by molar-refractivity contribution is -0.134. The third kappa shape index (κ3) is 4.59. The molecule has 0 radical (unpaired) electrons. The van der Waals surface area contributed by atoms with Crippen LogP contribution in [0.4, 0.5) is 0 Å². The van der Waals surface area contributed by atoms with E-state index in [1.54, 1.807) is 30.0 Å². The summed E-state index contributed by atoms with van der Waals surface area (Å²) in [7, 11) is 0. The van der Waals surface area contributed by atoms with Crippen LogP contribution in [0.1, 0.15) is 44.3 Å². The lowest BCUT2D eigenvalue weighted by Gasteiger charge is -2.26. The van der Waals surface area contributed by atoms with Gasteiger partial charge in [-0.3, -0.25) is 4.79 Å². The van der Waals surface area contributed by atoms with E-state index in [1.807, 2.05) is 0 Å². The van der Waals surface area contributed by atoms with E-state index in [9.17, 15) is 15.0 Å². The van der Waals surface area contributed by atoms with Gasteiger partial charge in [-0.05, 0) is 49.9 Å². The molecule has 4 nitrogen and oxygen atoms in total. The van der Waals surface area contributed by atoms with E-state index >= 15 is 0 Å². The Morgan fingerprint density at radius 3 is 2.55 bits per heavy atom. The fraction of sp³-hybridized carbons (Fsp3) is 0.562. The van der Waals surface area contributed by atoms with Gasteiger partial charge in [-0.15, -0.1) is 0 Å². The Kier molecular flexibility index (Phi) is 6.09. The minimum atomic E-state index is -0.934. The second-order valence-corrected chi connectivity index (χ2v) is 6.76. The van der Waals surface area contributed by atoms with Gasteiger partial charge in [0.1, 0.15) is 0 Å². The van der Waals surface area contributed by atoms with Gasteiger partial charge < -0.3 is 15.1 Å². The van der Waals surface area contributed by atoms with Crippen molar-refractivity contribution in [3.05, 3.63) is 33.8 Å². The average Bonchev–Trinajstić information content (AvgIpc) is 2.84. The molecule has 1 aromatic carbocycles. The highest BCUT2D eigenvalue weighted by Gasteiger charge is 2.30. The lowest BCUT2D eigenvalue weighted by Crippen LogP contribution is -2.37. The summed E-state index contributed by atoms with van der Waals surface area (Å²) in [5.41, 5.74) is 0.539. The molecule has 2 rings (SSSR count). The average molecular weight is 346 g/mol. The van der Waals surface area contributed by atoms with Crippen LogP contribution in [0.3, 0.4) is 0 Å². The van der Waals surface area contributed by atoms with Crippen molar-refractivity contribution in [2.45, 2.75) is 50.9 Å². The first-order valence-electron chi connectivity index (χ1n) is 7.48. The molecule has 1 saturated heterocycles. The smallest absolute Gasteiger partial charge is 0.225 e.